The van der Waals surface area contributed by atoms with Gasteiger partial charge in [-0.15, -0.1) is 23.1 Å². The number of anilines is 2. The maximum Gasteiger partial charge on any atom is 0.177 e. The van der Waals surface area contributed by atoms with Gasteiger partial charge in [-0.1, -0.05) is 13.8 Å². The van der Waals surface area contributed by atoms with Crippen LogP contribution in [-0.2, 0) is 4.74 Å². The van der Waals surface area contributed by atoms with Crippen molar-refractivity contribution in [3.05, 3.63) is 4.88 Å². The van der Waals surface area contributed by atoms with E-state index < -0.39 is 0 Å². The number of nitrogen functional groups attached to an aromatic ring is 1. The van der Waals surface area contributed by atoms with Crippen molar-refractivity contribution in [3.63, 3.8) is 0 Å². The highest BCUT2D eigenvalue weighted by atomic mass is 32.2. The van der Waals surface area contributed by atoms with Gasteiger partial charge in [0.1, 0.15) is 5.00 Å². The first kappa shape index (κ1) is 15.7. The Kier molecular flexibility index (Phi) is 4.99. The molecule has 6 heteroatoms. The van der Waals surface area contributed by atoms with Gasteiger partial charge in [0.15, 0.2) is 5.78 Å². The molecule has 1 atom stereocenters. The number of thioether (sulfide) groups is 1. The quantitative estimate of drug-likeness (QED) is 0.668. The topological polar surface area (TPSA) is 55.6 Å². The fraction of sp³-hybridized carbons (Fsp3) is 0.643. The highest BCUT2D eigenvalue weighted by Crippen LogP contribution is 2.45. The first-order valence-corrected chi connectivity index (χ1v) is 8.81. The molecule has 1 unspecified atom stereocenters. The molecule has 0 aliphatic carbocycles. The van der Waals surface area contributed by atoms with Gasteiger partial charge < -0.3 is 15.4 Å². The largest absolute Gasteiger partial charge is 0.396 e. The molecule has 0 bridgehead atoms. The number of methoxy groups -OCH3 is 1. The molecule has 0 saturated carbocycles. The van der Waals surface area contributed by atoms with Gasteiger partial charge in [-0.2, -0.15) is 0 Å². The van der Waals surface area contributed by atoms with E-state index in [1.165, 1.54) is 11.3 Å². The van der Waals surface area contributed by atoms with Crippen LogP contribution in [0.1, 0.15) is 29.9 Å². The van der Waals surface area contributed by atoms with Crippen LogP contribution in [0.5, 0.6) is 0 Å². The fourth-order valence-electron chi connectivity index (χ4n) is 2.37. The van der Waals surface area contributed by atoms with Crippen LogP contribution in [0, 0.1) is 5.92 Å². The maximum atomic E-state index is 12.3. The van der Waals surface area contributed by atoms with Crippen LogP contribution >= 0.6 is 23.1 Å². The minimum Gasteiger partial charge on any atom is -0.396 e. The van der Waals surface area contributed by atoms with Gasteiger partial charge in [0.25, 0.3) is 0 Å². The van der Waals surface area contributed by atoms with Crippen molar-refractivity contribution in [1.29, 1.82) is 0 Å². The SMILES string of the molecule is COC1CCN(c2sc(C(=O)C(C)C)c(N)c2SC)C1. The van der Waals surface area contributed by atoms with E-state index in [9.17, 15) is 4.79 Å². The first-order valence-electron chi connectivity index (χ1n) is 6.77. The second-order valence-corrected chi connectivity index (χ2v) is 7.11. The molecule has 4 nitrogen and oxygen atoms in total. The molecule has 20 heavy (non-hydrogen) atoms. The normalized spacial score (nSPS) is 19.1. The second-order valence-electron chi connectivity index (χ2n) is 5.29. The van der Waals surface area contributed by atoms with Gasteiger partial charge in [0, 0.05) is 26.1 Å². The molecule has 1 aromatic heterocycles. The molecule has 1 aliphatic rings. The van der Waals surface area contributed by atoms with E-state index in [1.54, 1.807) is 18.9 Å². The van der Waals surface area contributed by atoms with Gasteiger partial charge in [-0.3, -0.25) is 4.79 Å². The molecule has 2 rings (SSSR count). The van der Waals surface area contributed by atoms with Gasteiger partial charge in [-0.25, -0.2) is 0 Å². The zero-order chi connectivity index (χ0) is 14.9. The summed E-state index contributed by atoms with van der Waals surface area (Å²) in [7, 11) is 1.75. The third kappa shape index (κ3) is 2.82. The zero-order valence-corrected chi connectivity index (χ0v) is 14.1. The summed E-state index contributed by atoms with van der Waals surface area (Å²) in [5, 5.41) is 1.12. The highest BCUT2D eigenvalue weighted by Gasteiger charge is 2.29. The molecular formula is C14H22N2O2S2. The molecule has 2 N–H and O–H groups in total. The molecule has 1 fully saturated rings. The molecular weight excluding hydrogens is 292 g/mol. The van der Waals surface area contributed by atoms with Crippen molar-refractivity contribution in [2.75, 3.05) is 37.1 Å². The lowest BCUT2D eigenvalue weighted by Crippen LogP contribution is -2.21. The summed E-state index contributed by atoms with van der Waals surface area (Å²) in [5.41, 5.74) is 6.85. The Hall–Kier alpha value is -0.720. The Morgan fingerprint density at radius 3 is 2.75 bits per heavy atom. The zero-order valence-electron chi connectivity index (χ0n) is 12.4. The molecule has 1 saturated heterocycles. The van der Waals surface area contributed by atoms with E-state index in [4.69, 9.17) is 10.5 Å². The third-order valence-electron chi connectivity index (χ3n) is 3.60. The molecule has 0 spiro atoms. The van der Waals surface area contributed by atoms with Gasteiger partial charge in [0.2, 0.25) is 0 Å². The number of ether oxygens (including phenoxy) is 1. The lowest BCUT2D eigenvalue weighted by Gasteiger charge is -2.17. The Balaban J connectivity index is 2.34. The number of Topliss-reactive ketones (excluding diaryl/α,β-unsaturated/α-hetero) is 1. The smallest absolute Gasteiger partial charge is 0.177 e. The van der Waals surface area contributed by atoms with E-state index in [1.807, 2.05) is 20.1 Å². The summed E-state index contributed by atoms with van der Waals surface area (Å²) < 4.78 is 5.42. The van der Waals surface area contributed by atoms with Crippen LogP contribution in [0.15, 0.2) is 4.90 Å². The van der Waals surface area contributed by atoms with E-state index in [0.717, 1.165) is 29.4 Å². The monoisotopic (exact) mass is 314 g/mol. The number of hydrogen-bond acceptors (Lipinski definition) is 6. The summed E-state index contributed by atoms with van der Waals surface area (Å²) >= 11 is 3.15. The summed E-state index contributed by atoms with van der Waals surface area (Å²) in [6.07, 6.45) is 3.31. The number of thiophene rings is 1. The lowest BCUT2D eigenvalue weighted by molar-refractivity contribution is 0.0944. The number of rotatable bonds is 5. The molecule has 2 heterocycles. The van der Waals surface area contributed by atoms with Crippen LogP contribution in [0.4, 0.5) is 10.7 Å². The first-order chi connectivity index (χ1) is 9.49. The standard InChI is InChI=1S/C14H22N2O2S2/c1-8(2)11(17)12-10(15)13(19-4)14(20-12)16-6-5-9(7-16)18-3/h8-9H,5-7,15H2,1-4H3. The summed E-state index contributed by atoms with van der Waals surface area (Å²) in [5.74, 6) is 0.111. The molecule has 0 amide bonds. The maximum absolute atomic E-state index is 12.3. The van der Waals surface area contributed by atoms with Crippen LogP contribution < -0.4 is 10.6 Å². The lowest BCUT2D eigenvalue weighted by atomic mass is 10.1. The van der Waals surface area contributed by atoms with Crippen molar-refractivity contribution in [1.82, 2.24) is 0 Å². The Bertz CT molecular complexity index is 500. The molecule has 112 valence electrons. The summed E-state index contributed by atoms with van der Waals surface area (Å²) in [4.78, 5) is 16.3. The minimum atomic E-state index is -0.0243. The number of nitrogens with zero attached hydrogens (tertiary/aromatic N) is 1. The number of carbonyl (C=O) groups is 1. The van der Waals surface area contributed by atoms with E-state index in [0.29, 0.717) is 10.6 Å². The molecule has 1 aromatic rings. The Labute approximate surface area is 128 Å². The van der Waals surface area contributed by atoms with Crippen LogP contribution in [-0.4, -0.2) is 38.3 Å². The predicted octanol–water partition coefficient (Wildman–Crippen LogP) is 3.12. The van der Waals surface area contributed by atoms with Crippen molar-refractivity contribution in [2.45, 2.75) is 31.3 Å². The number of nitrogens with two attached hydrogens (primary N) is 1. The van der Waals surface area contributed by atoms with Gasteiger partial charge in [-0.05, 0) is 12.7 Å². The number of ketones is 1. The Morgan fingerprint density at radius 1 is 1.55 bits per heavy atom. The molecule has 0 radical (unpaired) electrons. The molecule has 0 aromatic carbocycles. The Morgan fingerprint density at radius 2 is 2.25 bits per heavy atom. The predicted molar refractivity (Wildman–Crippen MR) is 87.3 cm³/mol. The second kappa shape index (κ2) is 6.37. The van der Waals surface area contributed by atoms with Crippen LogP contribution in [0.2, 0.25) is 0 Å². The molecule has 1 aliphatic heterocycles. The van der Waals surface area contributed by atoms with Crippen LogP contribution in [0.3, 0.4) is 0 Å². The van der Waals surface area contributed by atoms with E-state index in [2.05, 4.69) is 4.90 Å². The van der Waals surface area contributed by atoms with Crippen molar-refractivity contribution < 1.29 is 9.53 Å². The highest BCUT2D eigenvalue weighted by molar-refractivity contribution is 7.99. The van der Waals surface area contributed by atoms with Crippen molar-refractivity contribution in [3.8, 4) is 0 Å². The van der Waals surface area contributed by atoms with Gasteiger partial charge in [0.05, 0.1) is 21.6 Å². The minimum absolute atomic E-state index is 0.0243. The van der Waals surface area contributed by atoms with Crippen molar-refractivity contribution >= 4 is 39.6 Å². The average Bonchev–Trinajstić information content (AvgIpc) is 3.01. The average molecular weight is 314 g/mol. The van der Waals surface area contributed by atoms with E-state index in [-0.39, 0.29) is 17.8 Å². The summed E-state index contributed by atoms with van der Waals surface area (Å²) in [6.45, 7) is 5.66. The van der Waals surface area contributed by atoms with Crippen molar-refractivity contribution in [2.24, 2.45) is 5.92 Å². The number of carbonyl (C=O) groups excluding carboxylic acids is 1. The van der Waals surface area contributed by atoms with Crippen LogP contribution in [0.25, 0.3) is 0 Å². The van der Waals surface area contributed by atoms with Gasteiger partial charge >= 0.3 is 0 Å². The van der Waals surface area contributed by atoms with E-state index >= 15 is 0 Å². The fourth-order valence-corrected chi connectivity index (χ4v) is 4.68. The number of hydrogen-bond donors (Lipinski definition) is 1. The summed E-state index contributed by atoms with van der Waals surface area (Å²) in [6, 6.07) is 0. The third-order valence-corrected chi connectivity index (χ3v) is 5.83.